The number of carbonyl (C=O) groups excluding carboxylic acids is 2. The lowest BCUT2D eigenvalue weighted by Gasteiger charge is -2.20. The molecular weight excluding hydrogens is 427 g/mol. The molecule has 0 spiro atoms. The Hall–Kier alpha value is -3.88. The molecule has 0 radical (unpaired) electrons. The van der Waals surface area contributed by atoms with Crippen LogP contribution in [-0.2, 0) is 19.6 Å². The third-order valence-corrected chi connectivity index (χ3v) is 5.51. The molecule has 2 aromatic carbocycles. The summed E-state index contributed by atoms with van der Waals surface area (Å²) in [6, 6.07) is 13.0. The zero-order valence-corrected chi connectivity index (χ0v) is 18.5. The van der Waals surface area contributed by atoms with Crippen molar-refractivity contribution >= 4 is 11.8 Å². The van der Waals surface area contributed by atoms with Crippen LogP contribution in [0.3, 0.4) is 0 Å². The predicted molar refractivity (Wildman–Crippen MR) is 119 cm³/mol. The van der Waals surface area contributed by atoms with Gasteiger partial charge < -0.3 is 19.7 Å². The number of ether oxygens (including phenoxy) is 2. The first kappa shape index (κ1) is 22.3. The van der Waals surface area contributed by atoms with E-state index in [4.69, 9.17) is 9.47 Å². The van der Waals surface area contributed by atoms with Crippen LogP contribution >= 0.6 is 0 Å². The SMILES string of the molecule is COc1ccc(OC)c(CNC(=O)c2cc3n(n2)CCCN(Cc2cccc(F)c2)C3=O)c1. The van der Waals surface area contributed by atoms with Crippen LogP contribution in [0.4, 0.5) is 4.39 Å². The normalized spacial score (nSPS) is 13.3. The zero-order chi connectivity index (χ0) is 23.4. The maximum absolute atomic E-state index is 13.5. The Morgan fingerprint density at radius 1 is 1.12 bits per heavy atom. The zero-order valence-electron chi connectivity index (χ0n) is 18.5. The van der Waals surface area contributed by atoms with E-state index in [0.29, 0.717) is 48.8 Å². The van der Waals surface area contributed by atoms with Crippen LogP contribution in [0, 0.1) is 5.82 Å². The lowest BCUT2D eigenvalue weighted by molar-refractivity contribution is 0.0745. The summed E-state index contributed by atoms with van der Waals surface area (Å²) in [5.74, 6) is 0.298. The molecule has 0 aliphatic carbocycles. The molecule has 8 nitrogen and oxygen atoms in total. The van der Waals surface area contributed by atoms with Gasteiger partial charge in [0.25, 0.3) is 11.8 Å². The fraction of sp³-hybridized carbons (Fsp3) is 0.292. The van der Waals surface area contributed by atoms with Crippen LogP contribution in [0.1, 0.15) is 38.5 Å². The molecule has 0 saturated carbocycles. The second kappa shape index (κ2) is 9.72. The number of carbonyl (C=O) groups is 2. The number of aromatic nitrogens is 2. The average molecular weight is 452 g/mol. The lowest BCUT2D eigenvalue weighted by Crippen LogP contribution is -2.30. The van der Waals surface area contributed by atoms with Gasteiger partial charge in [-0.25, -0.2) is 4.39 Å². The number of benzene rings is 2. The van der Waals surface area contributed by atoms with E-state index in [1.54, 1.807) is 54.1 Å². The van der Waals surface area contributed by atoms with Gasteiger partial charge in [-0.2, -0.15) is 5.10 Å². The van der Waals surface area contributed by atoms with Crippen molar-refractivity contribution in [2.24, 2.45) is 0 Å². The fourth-order valence-corrected chi connectivity index (χ4v) is 3.84. The minimum atomic E-state index is -0.398. The summed E-state index contributed by atoms with van der Waals surface area (Å²) in [5.41, 5.74) is 1.96. The maximum Gasteiger partial charge on any atom is 0.272 e. The first-order valence-electron chi connectivity index (χ1n) is 10.6. The van der Waals surface area contributed by atoms with Crippen molar-refractivity contribution < 1.29 is 23.5 Å². The molecule has 9 heteroatoms. The van der Waals surface area contributed by atoms with Crippen molar-refractivity contribution in [3.8, 4) is 11.5 Å². The second-order valence-corrected chi connectivity index (χ2v) is 7.71. The number of aryl methyl sites for hydroxylation is 1. The summed E-state index contributed by atoms with van der Waals surface area (Å²) in [4.78, 5) is 27.5. The molecule has 0 fully saturated rings. The Bertz CT molecular complexity index is 1180. The summed E-state index contributed by atoms with van der Waals surface area (Å²) < 4.78 is 25.7. The first-order chi connectivity index (χ1) is 16.0. The van der Waals surface area contributed by atoms with E-state index >= 15 is 0 Å². The third kappa shape index (κ3) is 4.97. The van der Waals surface area contributed by atoms with Gasteiger partial charge in [0.05, 0.1) is 14.2 Å². The molecule has 2 heterocycles. The molecule has 33 heavy (non-hydrogen) atoms. The number of hydrogen-bond donors (Lipinski definition) is 1. The first-order valence-corrected chi connectivity index (χ1v) is 10.6. The van der Waals surface area contributed by atoms with Crippen LogP contribution in [0.5, 0.6) is 11.5 Å². The van der Waals surface area contributed by atoms with Crippen LogP contribution in [0.25, 0.3) is 0 Å². The van der Waals surface area contributed by atoms with Crippen molar-refractivity contribution in [3.63, 3.8) is 0 Å². The summed E-state index contributed by atoms with van der Waals surface area (Å²) >= 11 is 0. The van der Waals surface area contributed by atoms with Gasteiger partial charge in [-0.3, -0.25) is 14.3 Å². The summed E-state index contributed by atoms with van der Waals surface area (Å²) in [5, 5.41) is 7.17. The van der Waals surface area contributed by atoms with Crippen LogP contribution < -0.4 is 14.8 Å². The van der Waals surface area contributed by atoms with Gasteiger partial charge in [-0.15, -0.1) is 0 Å². The van der Waals surface area contributed by atoms with Crippen molar-refractivity contribution in [1.82, 2.24) is 20.0 Å². The number of rotatable bonds is 7. The van der Waals surface area contributed by atoms with E-state index in [-0.39, 0.29) is 24.0 Å². The average Bonchev–Trinajstić information content (AvgIpc) is 3.19. The highest BCUT2D eigenvalue weighted by atomic mass is 19.1. The number of amides is 2. The number of methoxy groups -OCH3 is 2. The number of fused-ring (bicyclic) bond motifs is 1. The smallest absolute Gasteiger partial charge is 0.272 e. The molecule has 3 aromatic rings. The van der Waals surface area contributed by atoms with Crippen LogP contribution in [0.2, 0.25) is 0 Å². The Balaban J connectivity index is 1.48. The predicted octanol–water partition coefficient (Wildman–Crippen LogP) is 3.02. The highest BCUT2D eigenvalue weighted by molar-refractivity contribution is 5.98. The molecule has 2 amide bonds. The monoisotopic (exact) mass is 452 g/mol. The summed E-state index contributed by atoms with van der Waals surface area (Å²) in [6.45, 7) is 1.54. The van der Waals surface area contributed by atoms with Crippen molar-refractivity contribution in [1.29, 1.82) is 0 Å². The standard InChI is InChI=1S/C24H25FN4O4/c1-32-19-7-8-22(33-2)17(12-19)14-26-23(30)20-13-21-24(31)28(9-4-10-29(21)27-20)15-16-5-3-6-18(25)11-16/h3,5-8,11-13H,4,9-10,14-15H2,1-2H3,(H,26,30). The molecule has 0 unspecified atom stereocenters. The Kier molecular flexibility index (Phi) is 6.58. The lowest BCUT2D eigenvalue weighted by atomic mass is 10.2. The molecule has 0 saturated heterocycles. The second-order valence-electron chi connectivity index (χ2n) is 7.71. The molecule has 1 aliphatic rings. The van der Waals surface area contributed by atoms with Crippen molar-refractivity contribution in [2.45, 2.75) is 26.1 Å². The highest BCUT2D eigenvalue weighted by Crippen LogP contribution is 2.24. The minimum Gasteiger partial charge on any atom is -0.497 e. The van der Waals surface area contributed by atoms with E-state index in [0.717, 1.165) is 5.56 Å². The molecule has 4 rings (SSSR count). The Morgan fingerprint density at radius 3 is 2.73 bits per heavy atom. The highest BCUT2D eigenvalue weighted by Gasteiger charge is 2.26. The topological polar surface area (TPSA) is 85.7 Å². The largest absolute Gasteiger partial charge is 0.497 e. The van der Waals surface area contributed by atoms with Crippen molar-refractivity contribution in [3.05, 3.63) is 76.9 Å². The molecule has 1 aromatic heterocycles. The van der Waals surface area contributed by atoms with Gasteiger partial charge in [-0.05, 0) is 42.3 Å². The van der Waals surface area contributed by atoms with Crippen molar-refractivity contribution in [2.75, 3.05) is 20.8 Å². The number of hydrogen-bond acceptors (Lipinski definition) is 5. The van der Waals surface area contributed by atoms with Gasteiger partial charge in [-0.1, -0.05) is 12.1 Å². The Labute approximate surface area is 190 Å². The molecule has 0 atom stereocenters. The van der Waals surface area contributed by atoms with E-state index < -0.39 is 5.91 Å². The van der Waals surface area contributed by atoms with E-state index in [9.17, 15) is 14.0 Å². The molecule has 0 bridgehead atoms. The van der Waals surface area contributed by atoms with E-state index in [1.807, 2.05) is 0 Å². The summed E-state index contributed by atoms with van der Waals surface area (Å²) in [6.07, 6.45) is 0.678. The number of nitrogens with one attached hydrogen (secondary N) is 1. The van der Waals surface area contributed by atoms with Crippen LogP contribution in [-0.4, -0.2) is 47.3 Å². The molecular formula is C24H25FN4O4. The quantitative estimate of drug-likeness (QED) is 0.596. The van der Waals surface area contributed by atoms with Crippen LogP contribution in [0.15, 0.2) is 48.5 Å². The van der Waals surface area contributed by atoms with E-state index in [1.165, 1.54) is 18.2 Å². The molecule has 1 N–H and O–H groups in total. The molecule has 172 valence electrons. The summed E-state index contributed by atoms with van der Waals surface area (Å²) in [7, 11) is 3.12. The fourth-order valence-electron chi connectivity index (χ4n) is 3.84. The maximum atomic E-state index is 13.5. The van der Waals surface area contributed by atoms with Gasteiger partial charge in [0.15, 0.2) is 5.69 Å². The van der Waals surface area contributed by atoms with E-state index in [2.05, 4.69) is 10.4 Å². The minimum absolute atomic E-state index is 0.160. The number of nitrogens with zero attached hydrogens (tertiary/aromatic N) is 3. The Morgan fingerprint density at radius 2 is 1.97 bits per heavy atom. The van der Waals surface area contributed by atoms with Gasteiger partial charge >= 0.3 is 0 Å². The van der Waals surface area contributed by atoms with Gasteiger partial charge in [0.1, 0.15) is 23.0 Å². The number of halogens is 1. The van der Waals surface area contributed by atoms with Gasteiger partial charge in [0.2, 0.25) is 0 Å². The third-order valence-electron chi connectivity index (χ3n) is 5.51. The molecule has 1 aliphatic heterocycles. The van der Waals surface area contributed by atoms with Gasteiger partial charge in [0, 0.05) is 37.8 Å².